The number of nitrogens with one attached hydrogen (secondary N) is 1. The molecule has 22 heavy (non-hydrogen) atoms. The highest BCUT2D eigenvalue weighted by molar-refractivity contribution is 6.04. The first-order valence-electron chi connectivity index (χ1n) is 6.72. The molecule has 0 fully saturated rings. The minimum absolute atomic E-state index is 0.0646. The van der Waals surface area contributed by atoms with Crippen LogP contribution in [-0.2, 0) is 6.61 Å². The van der Waals surface area contributed by atoms with Gasteiger partial charge in [0.15, 0.2) is 0 Å². The Morgan fingerprint density at radius 1 is 1.27 bits per heavy atom. The van der Waals surface area contributed by atoms with Gasteiger partial charge < -0.3 is 10.4 Å². The number of nitrogens with zero attached hydrogens (tertiary/aromatic N) is 3. The van der Waals surface area contributed by atoms with Gasteiger partial charge in [-0.3, -0.25) is 9.36 Å². The van der Waals surface area contributed by atoms with E-state index in [4.69, 9.17) is 5.11 Å². The Bertz CT molecular complexity index is 767. The molecule has 0 bridgehead atoms. The molecule has 0 saturated carbocycles. The Labute approximate surface area is 127 Å². The van der Waals surface area contributed by atoms with Crippen LogP contribution in [0.3, 0.4) is 0 Å². The van der Waals surface area contributed by atoms with E-state index >= 15 is 0 Å². The lowest BCUT2D eigenvalue weighted by atomic mass is 10.2. The highest BCUT2D eigenvalue weighted by Gasteiger charge is 2.07. The number of imidazole rings is 1. The zero-order valence-electron chi connectivity index (χ0n) is 11.7. The molecule has 0 aliphatic carbocycles. The highest BCUT2D eigenvalue weighted by atomic mass is 16.3. The number of hydrogen-bond donors (Lipinski definition) is 2. The molecular formula is C16H14N4O2. The molecule has 2 aromatic heterocycles. The van der Waals surface area contributed by atoms with E-state index in [-0.39, 0.29) is 12.5 Å². The van der Waals surface area contributed by atoms with Gasteiger partial charge in [0.05, 0.1) is 12.2 Å². The monoisotopic (exact) mass is 294 g/mol. The minimum Gasteiger partial charge on any atom is -0.392 e. The molecule has 0 saturated heterocycles. The quantitative estimate of drug-likeness (QED) is 0.771. The van der Waals surface area contributed by atoms with E-state index in [1.165, 1.54) is 6.20 Å². The van der Waals surface area contributed by atoms with Crippen LogP contribution in [0.2, 0.25) is 0 Å². The topological polar surface area (TPSA) is 80.0 Å². The second-order valence-corrected chi connectivity index (χ2v) is 4.69. The van der Waals surface area contributed by atoms with Gasteiger partial charge in [-0.15, -0.1) is 0 Å². The first-order valence-corrected chi connectivity index (χ1v) is 6.72. The largest absolute Gasteiger partial charge is 0.392 e. The van der Waals surface area contributed by atoms with Gasteiger partial charge >= 0.3 is 0 Å². The van der Waals surface area contributed by atoms with Crippen molar-refractivity contribution >= 4 is 11.6 Å². The van der Waals surface area contributed by atoms with Crippen LogP contribution in [0.4, 0.5) is 5.69 Å². The average molecular weight is 294 g/mol. The minimum atomic E-state index is -0.250. The molecule has 0 unspecified atom stereocenters. The van der Waals surface area contributed by atoms with Crippen molar-refractivity contribution in [1.82, 2.24) is 14.5 Å². The van der Waals surface area contributed by atoms with Crippen molar-refractivity contribution in [2.45, 2.75) is 6.61 Å². The molecule has 0 radical (unpaired) electrons. The fraction of sp³-hybridized carbons (Fsp3) is 0.0625. The zero-order chi connectivity index (χ0) is 15.4. The van der Waals surface area contributed by atoms with Gasteiger partial charge in [-0.2, -0.15) is 0 Å². The zero-order valence-corrected chi connectivity index (χ0v) is 11.7. The summed E-state index contributed by atoms with van der Waals surface area (Å²) in [5.74, 6) is 0.441. The summed E-state index contributed by atoms with van der Waals surface area (Å²) >= 11 is 0. The maximum Gasteiger partial charge on any atom is 0.257 e. The predicted molar refractivity (Wildman–Crippen MR) is 81.7 cm³/mol. The second-order valence-electron chi connectivity index (χ2n) is 4.69. The Hall–Kier alpha value is -2.99. The van der Waals surface area contributed by atoms with Crippen LogP contribution in [-0.4, -0.2) is 25.5 Å². The number of benzene rings is 1. The maximum absolute atomic E-state index is 12.2. The van der Waals surface area contributed by atoms with Crippen molar-refractivity contribution in [2.24, 2.45) is 0 Å². The van der Waals surface area contributed by atoms with Gasteiger partial charge in [0, 0.05) is 24.3 Å². The molecular weight excluding hydrogens is 280 g/mol. The number of aliphatic hydroxyl groups excluding tert-OH is 1. The molecule has 2 N–H and O–H groups in total. The molecule has 0 aliphatic heterocycles. The van der Waals surface area contributed by atoms with Crippen molar-refractivity contribution in [2.75, 3.05) is 5.32 Å². The summed E-state index contributed by atoms with van der Waals surface area (Å²) in [6, 6.07) is 10.5. The molecule has 0 aliphatic rings. The van der Waals surface area contributed by atoms with E-state index in [0.717, 1.165) is 5.56 Å². The van der Waals surface area contributed by atoms with Crippen LogP contribution >= 0.6 is 0 Å². The van der Waals surface area contributed by atoms with Crippen LogP contribution in [0.25, 0.3) is 5.82 Å². The van der Waals surface area contributed by atoms with Crippen LogP contribution in [0.5, 0.6) is 0 Å². The summed E-state index contributed by atoms with van der Waals surface area (Å²) in [6.45, 7) is -0.0646. The van der Waals surface area contributed by atoms with E-state index in [2.05, 4.69) is 15.3 Å². The fourth-order valence-corrected chi connectivity index (χ4v) is 2.02. The molecule has 2 heterocycles. The molecule has 3 rings (SSSR count). The van der Waals surface area contributed by atoms with Crippen LogP contribution in [0, 0.1) is 0 Å². The lowest BCUT2D eigenvalue weighted by Gasteiger charge is -2.07. The summed E-state index contributed by atoms with van der Waals surface area (Å²) in [5, 5.41) is 11.9. The smallest absolute Gasteiger partial charge is 0.257 e. The third kappa shape index (κ3) is 3.02. The number of aromatic nitrogens is 3. The second kappa shape index (κ2) is 6.19. The summed E-state index contributed by atoms with van der Waals surface area (Å²) in [6.07, 6.45) is 6.60. The SMILES string of the molecule is O=C(Nc1cccc(CO)c1)c1ccc(-n2ccnc2)nc1. The van der Waals surface area contributed by atoms with Gasteiger partial charge in [0.25, 0.3) is 5.91 Å². The summed E-state index contributed by atoms with van der Waals surface area (Å²) in [4.78, 5) is 20.4. The van der Waals surface area contributed by atoms with Gasteiger partial charge in [0.1, 0.15) is 12.1 Å². The number of carbonyl (C=O) groups is 1. The molecule has 1 amide bonds. The predicted octanol–water partition coefficient (Wildman–Crippen LogP) is 2.01. The standard InChI is InChI=1S/C16H14N4O2/c21-10-12-2-1-3-14(8-12)19-16(22)13-4-5-15(18-9-13)20-7-6-17-11-20/h1-9,11,21H,10H2,(H,19,22). The Balaban J connectivity index is 1.74. The molecule has 6 nitrogen and oxygen atoms in total. The normalized spacial score (nSPS) is 10.4. The van der Waals surface area contributed by atoms with Gasteiger partial charge in [-0.25, -0.2) is 9.97 Å². The van der Waals surface area contributed by atoms with Gasteiger partial charge in [0.2, 0.25) is 0 Å². The van der Waals surface area contributed by atoms with E-state index in [9.17, 15) is 4.79 Å². The van der Waals surface area contributed by atoms with E-state index in [1.807, 2.05) is 0 Å². The summed E-state index contributed by atoms with van der Waals surface area (Å²) in [7, 11) is 0. The van der Waals surface area contributed by atoms with Crippen molar-refractivity contribution in [3.05, 3.63) is 72.4 Å². The third-order valence-electron chi connectivity index (χ3n) is 3.15. The molecule has 110 valence electrons. The number of carbonyl (C=O) groups excluding carboxylic acids is 1. The van der Waals surface area contributed by atoms with Gasteiger partial charge in [-0.05, 0) is 29.8 Å². The van der Waals surface area contributed by atoms with E-state index in [1.54, 1.807) is 59.7 Å². The lowest BCUT2D eigenvalue weighted by molar-refractivity contribution is 0.102. The molecule has 1 aromatic carbocycles. The number of pyridine rings is 1. The van der Waals surface area contributed by atoms with Crippen LogP contribution in [0.15, 0.2) is 61.3 Å². The molecule has 3 aromatic rings. The Morgan fingerprint density at radius 3 is 2.86 bits per heavy atom. The number of hydrogen-bond acceptors (Lipinski definition) is 4. The average Bonchev–Trinajstić information content (AvgIpc) is 3.09. The fourth-order valence-electron chi connectivity index (χ4n) is 2.02. The number of rotatable bonds is 4. The molecule has 0 spiro atoms. The third-order valence-corrected chi connectivity index (χ3v) is 3.15. The van der Waals surface area contributed by atoms with Crippen molar-refractivity contribution in [3.8, 4) is 5.82 Å². The first kappa shape index (κ1) is 14.0. The van der Waals surface area contributed by atoms with Crippen LogP contribution < -0.4 is 5.32 Å². The van der Waals surface area contributed by atoms with E-state index in [0.29, 0.717) is 17.1 Å². The van der Waals surface area contributed by atoms with E-state index < -0.39 is 0 Å². The number of anilines is 1. The van der Waals surface area contributed by atoms with Crippen LogP contribution in [0.1, 0.15) is 15.9 Å². The maximum atomic E-state index is 12.2. The highest BCUT2D eigenvalue weighted by Crippen LogP contribution is 2.13. The Kier molecular flexibility index (Phi) is 3.93. The van der Waals surface area contributed by atoms with Gasteiger partial charge in [-0.1, -0.05) is 12.1 Å². The Morgan fingerprint density at radius 2 is 2.18 bits per heavy atom. The first-order chi connectivity index (χ1) is 10.8. The van der Waals surface area contributed by atoms with Crippen molar-refractivity contribution < 1.29 is 9.90 Å². The number of aliphatic hydroxyl groups is 1. The number of amides is 1. The van der Waals surface area contributed by atoms with Crippen molar-refractivity contribution in [3.63, 3.8) is 0 Å². The molecule has 0 atom stereocenters. The van der Waals surface area contributed by atoms with Crippen molar-refractivity contribution in [1.29, 1.82) is 0 Å². The summed E-state index contributed by atoms with van der Waals surface area (Å²) < 4.78 is 1.76. The molecule has 6 heteroatoms. The lowest BCUT2D eigenvalue weighted by Crippen LogP contribution is -2.12. The summed E-state index contributed by atoms with van der Waals surface area (Å²) in [5.41, 5.74) is 1.83.